The normalized spacial score (nSPS) is 23.9. The fourth-order valence-electron chi connectivity index (χ4n) is 2.17. The molecule has 0 spiro atoms. The second-order valence-electron chi connectivity index (χ2n) is 4.63. The van der Waals surface area contributed by atoms with E-state index < -0.39 is 0 Å². The number of benzene rings is 1. The van der Waals surface area contributed by atoms with Crippen molar-refractivity contribution in [3.8, 4) is 5.75 Å². The van der Waals surface area contributed by atoms with Gasteiger partial charge in [-0.2, -0.15) is 11.8 Å². The van der Waals surface area contributed by atoms with E-state index in [2.05, 4.69) is 36.1 Å². The van der Waals surface area contributed by atoms with Crippen molar-refractivity contribution in [3.05, 3.63) is 29.8 Å². The zero-order valence-corrected chi connectivity index (χ0v) is 11.4. The summed E-state index contributed by atoms with van der Waals surface area (Å²) in [6.07, 6.45) is 2.41. The van der Waals surface area contributed by atoms with Crippen LogP contribution in [-0.4, -0.2) is 30.7 Å². The molecule has 94 valence electrons. The Balaban J connectivity index is 1.70. The summed E-state index contributed by atoms with van der Waals surface area (Å²) < 4.78 is 5.15. The quantitative estimate of drug-likeness (QED) is 0.869. The number of thioether (sulfide) groups is 1. The molecule has 1 aromatic carbocycles. The Morgan fingerprint density at radius 1 is 1.35 bits per heavy atom. The Morgan fingerprint density at radius 3 is 2.71 bits per heavy atom. The van der Waals surface area contributed by atoms with Gasteiger partial charge in [0.2, 0.25) is 0 Å². The lowest BCUT2D eigenvalue weighted by molar-refractivity contribution is 0.414. The Morgan fingerprint density at radius 2 is 2.12 bits per heavy atom. The van der Waals surface area contributed by atoms with Gasteiger partial charge in [0, 0.05) is 17.0 Å². The van der Waals surface area contributed by atoms with Gasteiger partial charge in [-0.1, -0.05) is 19.1 Å². The van der Waals surface area contributed by atoms with E-state index in [1.165, 1.54) is 17.7 Å². The first-order valence-corrected chi connectivity index (χ1v) is 7.30. The number of rotatable bonds is 5. The smallest absolute Gasteiger partial charge is 0.118 e. The highest BCUT2D eigenvalue weighted by Crippen LogP contribution is 2.25. The largest absolute Gasteiger partial charge is 0.497 e. The average Bonchev–Trinajstić information content (AvgIpc) is 2.76. The number of nitrogens with one attached hydrogen (secondary N) is 1. The number of methoxy groups -OCH3 is 1. The van der Waals surface area contributed by atoms with Gasteiger partial charge in [-0.05, 0) is 37.1 Å². The summed E-state index contributed by atoms with van der Waals surface area (Å²) >= 11 is 2.08. The number of ether oxygens (including phenoxy) is 1. The van der Waals surface area contributed by atoms with Gasteiger partial charge in [0.05, 0.1) is 7.11 Å². The summed E-state index contributed by atoms with van der Waals surface area (Å²) in [6.45, 7) is 3.39. The minimum absolute atomic E-state index is 0.716. The fourth-order valence-corrected chi connectivity index (χ4v) is 3.36. The van der Waals surface area contributed by atoms with Crippen molar-refractivity contribution in [2.24, 2.45) is 0 Å². The van der Waals surface area contributed by atoms with E-state index in [4.69, 9.17) is 4.74 Å². The van der Waals surface area contributed by atoms with E-state index in [1.807, 2.05) is 12.1 Å². The summed E-state index contributed by atoms with van der Waals surface area (Å²) in [5.41, 5.74) is 1.37. The van der Waals surface area contributed by atoms with Crippen LogP contribution in [0, 0.1) is 0 Å². The van der Waals surface area contributed by atoms with Gasteiger partial charge in [0.1, 0.15) is 5.75 Å². The molecule has 0 aliphatic carbocycles. The van der Waals surface area contributed by atoms with Gasteiger partial charge in [-0.15, -0.1) is 0 Å². The molecular weight excluding hydrogens is 230 g/mol. The topological polar surface area (TPSA) is 21.3 Å². The Bertz CT molecular complexity index is 339. The third kappa shape index (κ3) is 3.93. The lowest BCUT2D eigenvalue weighted by Crippen LogP contribution is -2.30. The lowest BCUT2D eigenvalue weighted by atomic mass is 10.1. The summed E-state index contributed by atoms with van der Waals surface area (Å²) in [5, 5.41) is 4.46. The molecule has 3 heteroatoms. The number of hydrogen-bond acceptors (Lipinski definition) is 3. The third-order valence-electron chi connectivity index (χ3n) is 3.20. The fraction of sp³-hybridized carbons (Fsp3) is 0.571. The molecule has 1 aromatic rings. The third-order valence-corrected chi connectivity index (χ3v) is 4.56. The minimum atomic E-state index is 0.716. The van der Waals surface area contributed by atoms with Crippen LogP contribution in [0.1, 0.15) is 18.9 Å². The molecule has 1 heterocycles. The maximum atomic E-state index is 5.15. The van der Waals surface area contributed by atoms with E-state index in [-0.39, 0.29) is 0 Å². The molecule has 1 saturated heterocycles. The Kier molecular flexibility index (Phi) is 4.75. The van der Waals surface area contributed by atoms with Crippen molar-refractivity contribution in [1.29, 1.82) is 0 Å². The van der Waals surface area contributed by atoms with Gasteiger partial charge in [0.25, 0.3) is 0 Å². The van der Waals surface area contributed by atoms with Gasteiger partial charge >= 0.3 is 0 Å². The van der Waals surface area contributed by atoms with Crippen LogP contribution in [0.25, 0.3) is 0 Å². The van der Waals surface area contributed by atoms with Crippen LogP contribution in [0.4, 0.5) is 0 Å². The Hall–Kier alpha value is -0.670. The highest BCUT2D eigenvalue weighted by molar-refractivity contribution is 8.00. The molecule has 2 nitrogen and oxygen atoms in total. The molecule has 0 bridgehead atoms. The molecule has 17 heavy (non-hydrogen) atoms. The van der Waals surface area contributed by atoms with Crippen LogP contribution in [0.15, 0.2) is 24.3 Å². The molecule has 0 amide bonds. The summed E-state index contributed by atoms with van der Waals surface area (Å²) in [4.78, 5) is 0. The van der Waals surface area contributed by atoms with Crippen LogP contribution in [0.2, 0.25) is 0 Å². The van der Waals surface area contributed by atoms with E-state index in [1.54, 1.807) is 7.11 Å². The van der Waals surface area contributed by atoms with E-state index in [0.717, 1.165) is 24.0 Å². The van der Waals surface area contributed by atoms with Gasteiger partial charge in [-0.3, -0.25) is 0 Å². The number of hydrogen-bond donors (Lipinski definition) is 1. The van der Waals surface area contributed by atoms with Crippen LogP contribution in [-0.2, 0) is 6.42 Å². The minimum Gasteiger partial charge on any atom is -0.497 e. The predicted molar refractivity (Wildman–Crippen MR) is 75.0 cm³/mol. The first-order valence-electron chi connectivity index (χ1n) is 6.26. The van der Waals surface area contributed by atoms with Crippen LogP contribution >= 0.6 is 11.8 Å². The van der Waals surface area contributed by atoms with E-state index in [0.29, 0.717) is 6.04 Å². The van der Waals surface area contributed by atoms with Crippen molar-refractivity contribution in [1.82, 2.24) is 5.32 Å². The molecule has 1 fully saturated rings. The second kappa shape index (κ2) is 6.31. The van der Waals surface area contributed by atoms with Gasteiger partial charge in [-0.25, -0.2) is 0 Å². The van der Waals surface area contributed by atoms with Crippen molar-refractivity contribution in [2.45, 2.75) is 31.1 Å². The summed E-state index contributed by atoms with van der Waals surface area (Å²) in [5.74, 6) is 2.20. The highest BCUT2D eigenvalue weighted by Gasteiger charge is 2.20. The standard InChI is InChI=1S/C14H21NOS/c1-11-9-13(10-17-11)15-8-7-12-3-5-14(16-2)6-4-12/h3-6,11,13,15H,7-10H2,1-2H3. The van der Waals surface area contributed by atoms with Gasteiger partial charge < -0.3 is 10.1 Å². The average molecular weight is 251 g/mol. The molecule has 0 saturated carbocycles. The van der Waals surface area contributed by atoms with E-state index in [9.17, 15) is 0 Å². The van der Waals surface area contributed by atoms with Crippen molar-refractivity contribution in [3.63, 3.8) is 0 Å². The molecular formula is C14H21NOS. The van der Waals surface area contributed by atoms with Crippen molar-refractivity contribution >= 4 is 11.8 Å². The van der Waals surface area contributed by atoms with Gasteiger partial charge in [0.15, 0.2) is 0 Å². The second-order valence-corrected chi connectivity index (χ2v) is 6.10. The van der Waals surface area contributed by atoms with Crippen LogP contribution < -0.4 is 10.1 Å². The molecule has 2 unspecified atom stereocenters. The predicted octanol–water partition coefficient (Wildman–Crippen LogP) is 2.72. The maximum absolute atomic E-state index is 5.15. The summed E-state index contributed by atoms with van der Waals surface area (Å²) in [7, 11) is 1.70. The van der Waals surface area contributed by atoms with Crippen molar-refractivity contribution in [2.75, 3.05) is 19.4 Å². The Labute approximate surface area is 108 Å². The molecule has 1 N–H and O–H groups in total. The van der Waals surface area contributed by atoms with E-state index >= 15 is 0 Å². The zero-order valence-electron chi connectivity index (χ0n) is 10.6. The first-order chi connectivity index (χ1) is 8.28. The maximum Gasteiger partial charge on any atom is 0.118 e. The molecule has 1 aliphatic heterocycles. The summed E-state index contributed by atoms with van der Waals surface area (Å²) in [6, 6.07) is 9.07. The highest BCUT2D eigenvalue weighted by atomic mass is 32.2. The zero-order chi connectivity index (χ0) is 12.1. The molecule has 2 rings (SSSR count). The SMILES string of the molecule is COc1ccc(CCNC2CSC(C)C2)cc1. The first kappa shape index (κ1) is 12.8. The lowest BCUT2D eigenvalue weighted by Gasteiger charge is -2.11. The van der Waals surface area contributed by atoms with Crippen molar-refractivity contribution < 1.29 is 4.74 Å². The monoisotopic (exact) mass is 251 g/mol. The molecule has 0 aromatic heterocycles. The molecule has 1 aliphatic rings. The van der Waals surface area contributed by atoms with Crippen LogP contribution in [0.3, 0.4) is 0 Å². The molecule has 0 radical (unpaired) electrons. The van der Waals surface area contributed by atoms with Crippen LogP contribution in [0.5, 0.6) is 5.75 Å². The molecule has 2 atom stereocenters.